The molecular formula is C21H27N3O4. The number of nitro groups is 1. The molecule has 4 bridgehead atoms. The highest BCUT2D eigenvalue weighted by molar-refractivity contribution is 5.92. The van der Waals surface area contributed by atoms with Crippen molar-refractivity contribution in [1.29, 1.82) is 0 Å². The number of anilines is 1. The lowest BCUT2D eigenvalue weighted by Gasteiger charge is -2.55. The Kier molecular flexibility index (Phi) is 4.85. The normalized spacial score (nSPS) is 30.1. The van der Waals surface area contributed by atoms with E-state index >= 15 is 0 Å². The van der Waals surface area contributed by atoms with E-state index in [1.54, 1.807) is 19.1 Å². The molecule has 4 aliphatic rings. The second-order valence-corrected chi connectivity index (χ2v) is 8.96. The van der Waals surface area contributed by atoms with Gasteiger partial charge in [-0.05, 0) is 69.3 Å². The van der Waals surface area contributed by atoms with E-state index in [-0.39, 0.29) is 29.3 Å². The minimum absolute atomic E-state index is 0.0204. The molecule has 2 N–H and O–H groups in total. The summed E-state index contributed by atoms with van der Waals surface area (Å²) in [7, 11) is 0. The van der Waals surface area contributed by atoms with Crippen LogP contribution in [-0.4, -0.2) is 23.3 Å². The Hall–Kier alpha value is -2.44. The minimum atomic E-state index is -0.462. The second kappa shape index (κ2) is 7.18. The molecule has 0 heterocycles. The third-order valence-corrected chi connectivity index (χ3v) is 6.93. The van der Waals surface area contributed by atoms with Crippen molar-refractivity contribution in [3.05, 3.63) is 33.9 Å². The van der Waals surface area contributed by atoms with E-state index < -0.39 is 4.92 Å². The van der Waals surface area contributed by atoms with Crippen LogP contribution in [0.5, 0.6) is 0 Å². The Morgan fingerprint density at radius 2 is 1.75 bits per heavy atom. The van der Waals surface area contributed by atoms with Crippen molar-refractivity contribution in [2.24, 2.45) is 23.2 Å². The van der Waals surface area contributed by atoms with Crippen LogP contribution in [0, 0.1) is 40.2 Å². The maximum atomic E-state index is 12.9. The summed E-state index contributed by atoms with van der Waals surface area (Å²) in [5, 5.41) is 16.7. The molecule has 0 aromatic heterocycles. The zero-order chi connectivity index (χ0) is 19.9. The molecule has 7 nitrogen and oxygen atoms in total. The average molecular weight is 385 g/mol. The SMILES string of the molecule is Cc1c(NC(=O)CCNC(=O)C23CC4CC(CC(C4)C2)C3)cccc1[N+](=O)[O-]. The number of nitrogens with zero attached hydrogens (tertiary/aromatic N) is 1. The lowest BCUT2D eigenvalue weighted by molar-refractivity contribution is -0.385. The van der Waals surface area contributed by atoms with Crippen molar-refractivity contribution in [2.75, 3.05) is 11.9 Å². The van der Waals surface area contributed by atoms with Crippen molar-refractivity contribution in [2.45, 2.75) is 51.9 Å². The molecule has 0 atom stereocenters. The summed E-state index contributed by atoms with van der Waals surface area (Å²) < 4.78 is 0. The summed E-state index contributed by atoms with van der Waals surface area (Å²) in [6, 6.07) is 4.61. The van der Waals surface area contributed by atoms with Crippen LogP contribution in [0.1, 0.15) is 50.5 Å². The Morgan fingerprint density at radius 1 is 1.14 bits per heavy atom. The van der Waals surface area contributed by atoms with E-state index in [4.69, 9.17) is 0 Å². The third kappa shape index (κ3) is 3.50. The average Bonchev–Trinajstić information content (AvgIpc) is 2.62. The second-order valence-electron chi connectivity index (χ2n) is 8.96. The molecule has 1 aromatic rings. The lowest BCUT2D eigenvalue weighted by Crippen LogP contribution is -2.53. The van der Waals surface area contributed by atoms with E-state index in [2.05, 4.69) is 10.6 Å². The number of nitro benzene ring substituents is 1. The summed E-state index contributed by atoms with van der Waals surface area (Å²) in [6.07, 6.45) is 7.03. The summed E-state index contributed by atoms with van der Waals surface area (Å²) in [4.78, 5) is 35.7. The number of hydrogen-bond acceptors (Lipinski definition) is 4. The van der Waals surface area contributed by atoms with Gasteiger partial charge in [0.2, 0.25) is 11.8 Å². The molecule has 0 unspecified atom stereocenters. The van der Waals surface area contributed by atoms with Crippen LogP contribution >= 0.6 is 0 Å². The highest BCUT2D eigenvalue weighted by Crippen LogP contribution is 2.60. The van der Waals surface area contributed by atoms with E-state index in [0.29, 0.717) is 35.5 Å². The van der Waals surface area contributed by atoms with Crippen LogP contribution in [0.15, 0.2) is 18.2 Å². The zero-order valence-corrected chi connectivity index (χ0v) is 16.2. The number of hydrogen-bond donors (Lipinski definition) is 2. The van der Waals surface area contributed by atoms with Crippen LogP contribution in [0.2, 0.25) is 0 Å². The van der Waals surface area contributed by atoms with Gasteiger partial charge in [0.1, 0.15) is 0 Å². The molecule has 5 rings (SSSR count). The van der Waals surface area contributed by atoms with Gasteiger partial charge in [0.25, 0.3) is 5.69 Å². The number of nitrogens with one attached hydrogen (secondary N) is 2. The maximum absolute atomic E-state index is 12.9. The van der Waals surface area contributed by atoms with E-state index in [1.807, 2.05) is 0 Å². The highest BCUT2D eigenvalue weighted by Gasteiger charge is 2.54. The van der Waals surface area contributed by atoms with Gasteiger partial charge >= 0.3 is 0 Å². The van der Waals surface area contributed by atoms with Gasteiger partial charge in [0, 0.05) is 24.4 Å². The van der Waals surface area contributed by atoms with Gasteiger partial charge in [-0.2, -0.15) is 0 Å². The topological polar surface area (TPSA) is 101 Å². The number of rotatable bonds is 6. The smallest absolute Gasteiger partial charge is 0.274 e. The first-order chi connectivity index (χ1) is 13.4. The molecule has 0 spiro atoms. The van der Waals surface area contributed by atoms with Crippen molar-refractivity contribution >= 4 is 23.2 Å². The fourth-order valence-electron chi connectivity index (χ4n) is 6.04. The molecule has 150 valence electrons. The summed E-state index contributed by atoms with van der Waals surface area (Å²) in [6.45, 7) is 1.91. The van der Waals surface area contributed by atoms with Crippen LogP contribution in [0.3, 0.4) is 0 Å². The molecule has 4 aliphatic carbocycles. The molecule has 4 fully saturated rings. The first-order valence-electron chi connectivity index (χ1n) is 10.2. The minimum Gasteiger partial charge on any atom is -0.355 e. The molecule has 7 heteroatoms. The predicted octanol–water partition coefficient (Wildman–Crippen LogP) is 3.56. The van der Waals surface area contributed by atoms with Gasteiger partial charge in [-0.15, -0.1) is 0 Å². The summed E-state index contributed by atoms with van der Waals surface area (Å²) >= 11 is 0. The van der Waals surface area contributed by atoms with Crippen molar-refractivity contribution < 1.29 is 14.5 Å². The first kappa shape index (κ1) is 18.9. The van der Waals surface area contributed by atoms with E-state index in [9.17, 15) is 19.7 Å². The Bertz CT molecular complexity index is 785. The highest BCUT2D eigenvalue weighted by atomic mass is 16.6. The van der Waals surface area contributed by atoms with Gasteiger partial charge < -0.3 is 10.6 Å². The van der Waals surface area contributed by atoms with Crippen LogP contribution in [0.4, 0.5) is 11.4 Å². The molecule has 0 saturated heterocycles. The lowest BCUT2D eigenvalue weighted by atomic mass is 9.49. The monoisotopic (exact) mass is 385 g/mol. The predicted molar refractivity (Wildman–Crippen MR) is 105 cm³/mol. The molecule has 0 aliphatic heterocycles. The fraction of sp³-hybridized carbons (Fsp3) is 0.619. The number of amides is 2. The van der Waals surface area contributed by atoms with Crippen LogP contribution in [0.25, 0.3) is 0 Å². The molecule has 2 amide bonds. The molecule has 0 radical (unpaired) electrons. The van der Waals surface area contributed by atoms with Crippen LogP contribution in [-0.2, 0) is 9.59 Å². The Labute approximate surface area is 164 Å². The summed E-state index contributed by atoms with van der Waals surface area (Å²) in [5.74, 6) is 1.98. The maximum Gasteiger partial charge on any atom is 0.274 e. The zero-order valence-electron chi connectivity index (χ0n) is 16.2. The molecule has 28 heavy (non-hydrogen) atoms. The largest absolute Gasteiger partial charge is 0.355 e. The standard InChI is InChI=1S/C21H27N3O4/c1-13-17(3-2-4-18(13)24(27)28)23-19(25)5-6-22-20(26)21-10-14-7-15(11-21)9-16(8-14)12-21/h2-4,14-16H,5-12H2,1H3,(H,22,26)(H,23,25). The van der Waals surface area contributed by atoms with Crippen molar-refractivity contribution in [3.8, 4) is 0 Å². The molecule has 1 aromatic carbocycles. The van der Waals surface area contributed by atoms with Gasteiger partial charge in [-0.25, -0.2) is 0 Å². The van der Waals surface area contributed by atoms with Crippen molar-refractivity contribution in [1.82, 2.24) is 5.32 Å². The Balaban J connectivity index is 1.30. The van der Waals surface area contributed by atoms with Gasteiger partial charge in [0.05, 0.1) is 16.2 Å². The van der Waals surface area contributed by atoms with Gasteiger partial charge in [-0.1, -0.05) is 6.07 Å². The van der Waals surface area contributed by atoms with Gasteiger partial charge in [0.15, 0.2) is 0 Å². The third-order valence-electron chi connectivity index (χ3n) is 6.93. The molecular weight excluding hydrogens is 358 g/mol. The Morgan fingerprint density at radius 3 is 2.32 bits per heavy atom. The first-order valence-corrected chi connectivity index (χ1v) is 10.2. The number of benzene rings is 1. The van der Waals surface area contributed by atoms with E-state index in [1.165, 1.54) is 25.3 Å². The number of carbonyl (C=O) groups excluding carboxylic acids is 2. The van der Waals surface area contributed by atoms with E-state index in [0.717, 1.165) is 19.3 Å². The quantitative estimate of drug-likeness (QED) is 0.577. The summed E-state index contributed by atoms with van der Waals surface area (Å²) in [5.41, 5.74) is 0.639. The fourth-order valence-corrected chi connectivity index (χ4v) is 6.04. The number of carbonyl (C=O) groups is 2. The molecule has 4 saturated carbocycles. The van der Waals surface area contributed by atoms with Crippen molar-refractivity contribution in [3.63, 3.8) is 0 Å². The van der Waals surface area contributed by atoms with Gasteiger partial charge in [-0.3, -0.25) is 19.7 Å². The van der Waals surface area contributed by atoms with Crippen LogP contribution < -0.4 is 10.6 Å².